The van der Waals surface area contributed by atoms with Gasteiger partial charge in [-0.1, -0.05) is 0 Å². The van der Waals surface area contributed by atoms with E-state index in [4.69, 9.17) is 29.8 Å². The van der Waals surface area contributed by atoms with Crippen LogP contribution in [0.1, 0.15) is 0 Å². The summed E-state index contributed by atoms with van der Waals surface area (Å²) in [6.07, 6.45) is -13.4. The third-order valence-electron chi connectivity index (χ3n) is 2.01. The molecule has 132 valence electrons. The van der Waals surface area contributed by atoms with Crippen LogP contribution < -0.4 is 0 Å². The van der Waals surface area contributed by atoms with Crippen LogP contribution in [-0.2, 0) is 23.0 Å². The molecule has 0 radical (unpaired) electrons. The van der Waals surface area contributed by atoms with Crippen molar-refractivity contribution in [1.29, 1.82) is 0 Å². The average molecular weight is 372 g/mol. The second-order valence-corrected chi connectivity index (χ2v) is 6.16. The highest BCUT2D eigenvalue weighted by molar-refractivity contribution is 7.47. The second-order valence-electron chi connectivity index (χ2n) is 3.80. The molecule has 9 N–H and O–H groups in total. The van der Waals surface area contributed by atoms with E-state index in [2.05, 4.69) is 9.05 Å². The maximum Gasteiger partial charge on any atom is 0.527 e. The molecule has 0 spiro atoms. The lowest BCUT2D eigenvalue weighted by atomic mass is 10.0. The molecule has 0 aliphatic carbocycles. The smallest absolute Gasteiger partial charge is 0.387 e. The molecule has 0 aliphatic heterocycles. The van der Waals surface area contributed by atoms with Gasteiger partial charge in [0.05, 0.1) is 0 Å². The van der Waals surface area contributed by atoms with E-state index in [1.54, 1.807) is 0 Å². The monoisotopic (exact) mass is 372 g/mol. The van der Waals surface area contributed by atoms with Gasteiger partial charge in [0.2, 0.25) is 0 Å². The molecule has 0 bridgehead atoms. The van der Waals surface area contributed by atoms with Gasteiger partial charge in [-0.05, 0) is 0 Å². The van der Waals surface area contributed by atoms with Gasteiger partial charge in [0, 0.05) is 0 Å². The topological polar surface area (TPSA) is 252 Å². The zero-order valence-electron chi connectivity index (χ0n) is 10.3. The van der Waals surface area contributed by atoms with E-state index in [1.165, 1.54) is 0 Å². The molecule has 0 amide bonds. The van der Waals surface area contributed by atoms with E-state index < -0.39 is 52.3 Å². The van der Waals surface area contributed by atoms with Gasteiger partial charge < -0.3 is 39.8 Å². The first-order valence-electron chi connectivity index (χ1n) is 5.09. The summed E-state index contributed by atoms with van der Waals surface area (Å²) in [5.74, 6) is -2.07. The third kappa shape index (κ3) is 7.69. The van der Waals surface area contributed by atoms with Crippen LogP contribution >= 0.6 is 15.6 Å². The first-order valence-corrected chi connectivity index (χ1v) is 8.15. The summed E-state index contributed by atoms with van der Waals surface area (Å²) in [4.78, 5) is 44.3. The van der Waals surface area contributed by atoms with Crippen LogP contribution in [-0.4, -0.2) is 81.8 Å². The molecule has 0 saturated heterocycles. The Kier molecular flexibility index (Phi) is 7.71. The van der Waals surface area contributed by atoms with Crippen LogP contribution in [0.15, 0.2) is 0 Å². The number of phosphoric ester groups is 2. The molecule has 0 aliphatic rings. The fourth-order valence-electron chi connectivity index (χ4n) is 1.07. The van der Waals surface area contributed by atoms with Crippen LogP contribution in [0, 0.1) is 0 Å². The van der Waals surface area contributed by atoms with Crippen molar-refractivity contribution < 1.29 is 68.1 Å². The Morgan fingerprint density at radius 1 is 0.773 bits per heavy atom. The van der Waals surface area contributed by atoms with Crippen molar-refractivity contribution in [3.05, 3.63) is 0 Å². The zero-order chi connectivity index (χ0) is 17.9. The molecule has 0 saturated carbocycles. The number of aliphatic hydroxyl groups excluding tert-OH is 5. The predicted molar refractivity (Wildman–Crippen MR) is 61.3 cm³/mol. The standard InChI is InChI=1S/C6H14O14P2/c7-1(3(9)5(11)19-21(13,14)15)2(8)4(10)6(12)20-22(16,17)18/h1-5,7-11H,(H2,13,14,15)(H2,16,17,18)/t1-,2-,3-,4-,5?/m0/s1. The molecule has 0 aromatic rings. The fourth-order valence-corrected chi connectivity index (χ4v) is 1.82. The van der Waals surface area contributed by atoms with Crippen LogP contribution in [0.25, 0.3) is 0 Å². The van der Waals surface area contributed by atoms with Gasteiger partial charge in [0.15, 0.2) is 12.4 Å². The number of carbonyl (C=O) groups excluding carboxylic acids is 1. The minimum absolute atomic E-state index is 2.07. The molecule has 0 heterocycles. The Morgan fingerprint density at radius 2 is 1.23 bits per heavy atom. The van der Waals surface area contributed by atoms with Crippen molar-refractivity contribution in [3.8, 4) is 0 Å². The average Bonchev–Trinajstić information content (AvgIpc) is 2.30. The summed E-state index contributed by atoms with van der Waals surface area (Å²) in [6.45, 7) is 0. The Morgan fingerprint density at radius 3 is 1.59 bits per heavy atom. The van der Waals surface area contributed by atoms with Gasteiger partial charge >= 0.3 is 21.6 Å². The predicted octanol–water partition coefficient (Wildman–Crippen LogP) is -4.51. The molecule has 14 nitrogen and oxygen atoms in total. The Balaban J connectivity index is 4.83. The lowest BCUT2D eigenvalue weighted by Gasteiger charge is -2.28. The number of hydrogen-bond donors (Lipinski definition) is 9. The number of rotatable bonds is 8. The van der Waals surface area contributed by atoms with E-state index >= 15 is 0 Å². The summed E-state index contributed by atoms with van der Waals surface area (Å²) in [6, 6.07) is 0. The summed E-state index contributed by atoms with van der Waals surface area (Å²) < 4.78 is 27.7. The van der Waals surface area contributed by atoms with Gasteiger partial charge in [-0.25, -0.2) is 13.9 Å². The molecule has 0 fully saturated rings. The van der Waals surface area contributed by atoms with Crippen molar-refractivity contribution in [2.45, 2.75) is 30.7 Å². The third-order valence-corrected chi connectivity index (χ3v) is 2.92. The summed E-state index contributed by atoms with van der Waals surface area (Å²) in [7, 11) is -10.6. The molecule has 0 rings (SSSR count). The van der Waals surface area contributed by atoms with Crippen LogP contribution in [0.3, 0.4) is 0 Å². The first-order chi connectivity index (χ1) is 9.65. The van der Waals surface area contributed by atoms with Gasteiger partial charge in [-0.15, -0.1) is 0 Å². The first kappa shape index (κ1) is 21.5. The Labute approximate surface area is 121 Å². The van der Waals surface area contributed by atoms with E-state index in [-0.39, 0.29) is 0 Å². The number of phosphoric acid groups is 2. The molecule has 5 atom stereocenters. The minimum Gasteiger partial charge on any atom is -0.387 e. The largest absolute Gasteiger partial charge is 0.527 e. The summed E-state index contributed by atoms with van der Waals surface area (Å²) in [5, 5.41) is 46.0. The summed E-state index contributed by atoms with van der Waals surface area (Å²) >= 11 is 0. The maximum absolute atomic E-state index is 11.0. The highest BCUT2D eigenvalue weighted by Crippen LogP contribution is 2.38. The molecule has 1 unspecified atom stereocenters. The second kappa shape index (κ2) is 7.88. The fraction of sp³-hybridized carbons (Fsp3) is 0.833. The van der Waals surface area contributed by atoms with Crippen molar-refractivity contribution in [2.75, 3.05) is 0 Å². The lowest BCUT2D eigenvalue weighted by Crippen LogP contribution is -2.51. The van der Waals surface area contributed by atoms with Crippen molar-refractivity contribution >= 4 is 21.6 Å². The van der Waals surface area contributed by atoms with Crippen LogP contribution in [0.4, 0.5) is 0 Å². The highest BCUT2D eigenvalue weighted by Gasteiger charge is 2.41. The Bertz CT molecular complexity index is 466. The molecule has 0 aromatic heterocycles. The van der Waals surface area contributed by atoms with Crippen LogP contribution in [0.5, 0.6) is 0 Å². The van der Waals surface area contributed by atoms with Crippen molar-refractivity contribution in [1.82, 2.24) is 0 Å². The van der Waals surface area contributed by atoms with Gasteiger partial charge in [0.25, 0.3) is 0 Å². The number of aliphatic hydroxyl groups is 5. The van der Waals surface area contributed by atoms with E-state index in [0.717, 1.165) is 0 Å². The lowest BCUT2D eigenvalue weighted by molar-refractivity contribution is -0.189. The van der Waals surface area contributed by atoms with Crippen molar-refractivity contribution in [2.24, 2.45) is 0 Å². The zero-order valence-corrected chi connectivity index (χ0v) is 12.1. The molecular formula is C6H14O14P2. The minimum atomic E-state index is -5.36. The molecule has 0 aromatic carbocycles. The number of carbonyl (C=O) groups is 1. The Hall–Kier alpha value is -0.470. The molecule has 22 heavy (non-hydrogen) atoms. The quantitative estimate of drug-likeness (QED) is 0.144. The van der Waals surface area contributed by atoms with Gasteiger partial charge in [-0.2, -0.15) is 0 Å². The molecular weight excluding hydrogens is 358 g/mol. The SMILES string of the molecule is O=C(OP(=O)(O)O)[C@@H](O)[C@@H](O)[C@H](O)[C@H](O)C(O)OP(=O)(O)O. The van der Waals surface area contributed by atoms with Crippen LogP contribution in [0.2, 0.25) is 0 Å². The van der Waals surface area contributed by atoms with E-state index in [0.29, 0.717) is 0 Å². The maximum atomic E-state index is 11.0. The highest BCUT2D eigenvalue weighted by atomic mass is 31.2. The molecule has 16 heteroatoms. The van der Waals surface area contributed by atoms with Gasteiger partial charge in [0.1, 0.15) is 18.3 Å². The normalized spacial score (nSPS) is 19.9. The van der Waals surface area contributed by atoms with E-state index in [1.807, 2.05) is 0 Å². The van der Waals surface area contributed by atoms with E-state index in [9.17, 15) is 29.2 Å². The summed E-state index contributed by atoms with van der Waals surface area (Å²) in [5.41, 5.74) is 0. The van der Waals surface area contributed by atoms with Gasteiger partial charge in [-0.3, -0.25) is 14.3 Å². The van der Waals surface area contributed by atoms with Crippen molar-refractivity contribution in [3.63, 3.8) is 0 Å². The number of hydrogen-bond acceptors (Lipinski definition) is 10.